The third kappa shape index (κ3) is 7.49. The first-order valence-corrected chi connectivity index (χ1v) is 15.1. The highest BCUT2D eigenvalue weighted by atomic mass is 32.2. The van der Waals surface area contributed by atoms with Gasteiger partial charge in [-0.05, 0) is 81.6 Å². The number of nitrogens with two attached hydrogens (primary N) is 2. The SMILES string of the molecule is CC.CC(/C=C1/c2nc3cc(F)c(C)c4c3c(c2CN1C)CCC4)=C(/C=O)COC(=O)O.CSC(C)(C)[C@H](N)C(N)=O. The van der Waals surface area contributed by atoms with Gasteiger partial charge in [-0.2, -0.15) is 11.8 Å². The molecule has 2 aliphatic rings. The first-order valence-electron chi connectivity index (χ1n) is 13.9. The van der Waals surface area contributed by atoms with Crippen LogP contribution in [-0.2, 0) is 33.7 Å². The number of carboxylic acid groups (broad SMARTS) is 1. The molecule has 2 heterocycles. The van der Waals surface area contributed by atoms with E-state index >= 15 is 0 Å². The Balaban J connectivity index is 0.000000438. The zero-order chi connectivity index (χ0) is 31.9. The van der Waals surface area contributed by atoms with Crippen LogP contribution >= 0.6 is 11.8 Å². The number of allylic oxidation sites excluding steroid dienone is 2. The van der Waals surface area contributed by atoms with E-state index in [9.17, 15) is 18.8 Å². The van der Waals surface area contributed by atoms with Gasteiger partial charge in [0.15, 0.2) is 0 Å². The number of aromatic nitrogens is 1. The third-order valence-corrected chi connectivity index (χ3v) is 8.96. The van der Waals surface area contributed by atoms with Crippen LogP contribution in [0.15, 0.2) is 23.3 Å². The number of rotatable bonds is 7. The Labute approximate surface area is 251 Å². The van der Waals surface area contributed by atoms with Gasteiger partial charge in [0.1, 0.15) is 18.7 Å². The van der Waals surface area contributed by atoms with E-state index in [1.165, 1.54) is 23.4 Å². The molecule has 1 atom stereocenters. The van der Waals surface area contributed by atoms with Crippen LogP contribution in [0.2, 0.25) is 0 Å². The van der Waals surface area contributed by atoms with Crippen LogP contribution in [0.1, 0.15) is 69.0 Å². The molecule has 9 nitrogen and oxygen atoms in total. The summed E-state index contributed by atoms with van der Waals surface area (Å²) < 4.78 is 18.8. The van der Waals surface area contributed by atoms with Gasteiger partial charge in [0.05, 0.1) is 22.9 Å². The number of carbonyl (C=O) groups excluding carboxylic acids is 2. The highest BCUT2D eigenvalue weighted by Crippen LogP contribution is 2.41. The maximum Gasteiger partial charge on any atom is 0.506 e. The fourth-order valence-electron chi connectivity index (χ4n) is 4.94. The highest BCUT2D eigenvalue weighted by molar-refractivity contribution is 8.00. The van der Waals surface area contributed by atoms with Crippen molar-refractivity contribution in [2.75, 3.05) is 19.9 Å². The van der Waals surface area contributed by atoms with E-state index in [0.717, 1.165) is 47.2 Å². The quantitative estimate of drug-likeness (QED) is 0.223. The molecule has 0 radical (unpaired) electrons. The Morgan fingerprint density at radius 2 is 1.88 bits per heavy atom. The fraction of sp³-hybridized carbons (Fsp3) is 0.484. The van der Waals surface area contributed by atoms with E-state index in [4.69, 9.17) is 21.6 Å². The molecule has 2 aromatic rings. The summed E-state index contributed by atoms with van der Waals surface area (Å²) in [6.45, 7) is 11.7. The Kier molecular flexibility index (Phi) is 12.1. The molecule has 5 N–H and O–H groups in total. The number of benzene rings is 1. The van der Waals surface area contributed by atoms with E-state index < -0.39 is 18.1 Å². The van der Waals surface area contributed by atoms with E-state index in [1.54, 1.807) is 6.92 Å². The number of carbonyl (C=O) groups is 3. The van der Waals surface area contributed by atoms with Crippen LogP contribution in [0, 0.1) is 12.7 Å². The molecule has 0 spiro atoms. The number of amides is 1. The number of hydrogen-bond acceptors (Lipinski definition) is 8. The number of thioether (sulfide) groups is 1. The lowest BCUT2D eigenvalue weighted by atomic mass is 9.85. The lowest BCUT2D eigenvalue weighted by Crippen LogP contribution is -2.49. The van der Waals surface area contributed by atoms with Gasteiger partial charge in [0.25, 0.3) is 0 Å². The first-order chi connectivity index (χ1) is 19.7. The number of nitrogens with zero attached hydrogens (tertiary/aromatic N) is 2. The largest absolute Gasteiger partial charge is 0.506 e. The van der Waals surface area contributed by atoms with Crippen molar-refractivity contribution in [1.82, 2.24) is 9.88 Å². The average Bonchev–Trinajstić information content (AvgIpc) is 3.27. The number of hydrogen-bond donors (Lipinski definition) is 3. The molecule has 1 aliphatic carbocycles. The summed E-state index contributed by atoms with van der Waals surface area (Å²) in [6.07, 6.45) is 5.67. The van der Waals surface area contributed by atoms with Crippen LogP contribution in [-0.4, -0.2) is 64.0 Å². The van der Waals surface area contributed by atoms with E-state index in [1.807, 2.05) is 54.0 Å². The molecule has 1 aliphatic heterocycles. The van der Waals surface area contributed by atoms with E-state index in [-0.39, 0.29) is 22.7 Å². The van der Waals surface area contributed by atoms with Gasteiger partial charge in [-0.3, -0.25) is 9.59 Å². The Hall–Kier alpha value is -3.44. The highest BCUT2D eigenvalue weighted by Gasteiger charge is 2.31. The Bertz CT molecular complexity index is 1420. The van der Waals surface area contributed by atoms with Crippen LogP contribution in [0.4, 0.5) is 9.18 Å². The predicted octanol–water partition coefficient (Wildman–Crippen LogP) is 5.13. The fourth-order valence-corrected chi connectivity index (χ4v) is 5.31. The van der Waals surface area contributed by atoms with Crippen molar-refractivity contribution in [3.05, 3.63) is 57.1 Å². The summed E-state index contributed by atoms with van der Waals surface area (Å²) in [7, 11) is 1.95. The second-order valence-electron chi connectivity index (χ2n) is 10.6. The summed E-state index contributed by atoms with van der Waals surface area (Å²) in [5.41, 5.74) is 17.8. The summed E-state index contributed by atoms with van der Waals surface area (Å²) in [4.78, 5) is 39.5. The molecule has 11 heteroatoms. The number of aryl methyl sites for hydroxylation is 2. The number of aldehydes is 1. The van der Waals surface area contributed by atoms with Gasteiger partial charge >= 0.3 is 6.16 Å². The van der Waals surface area contributed by atoms with Crippen molar-refractivity contribution in [3.8, 4) is 0 Å². The van der Waals surface area contributed by atoms with Gasteiger partial charge in [-0.25, -0.2) is 14.2 Å². The second kappa shape index (κ2) is 14.6. The molecular weight excluding hydrogens is 559 g/mol. The Morgan fingerprint density at radius 1 is 1.26 bits per heavy atom. The smallest absolute Gasteiger partial charge is 0.450 e. The average molecular weight is 603 g/mol. The molecule has 1 amide bonds. The number of halogens is 1. The minimum absolute atomic E-state index is 0.236. The predicted molar refractivity (Wildman–Crippen MR) is 167 cm³/mol. The molecule has 230 valence electrons. The lowest BCUT2D eigenvalue weighted by Gasteiger charge is -2.26. The molecule has 0 unspecified atom stereocenters. The first kappa shape index (κ1) is 34.8. The normalized spacial score (nSPS) is 16.0. The molecule has 1 aromatic carbocycles. The van der Waals surface area contributed by atoms with Crippen molar-refractivity contribution < 1.29 is 28.6 Å². The molecule has 0 fully saturated rings. The molecule has 0 saturated carbocycles. The molecule has 1 aromatic heterocycles. The van der Waals surface area contributed by atoms with Gasteiger partial charge < -0.3 is 26.2 Å². The summed E-state index contributed by atoms with van der Waals surface area (Å²) >= 11 is 1.54. The maximum absolute atomic E-state index is 14.5. The van der Waals surface area contributed by atoms with Crippen molar-refractivity contribution in [2.24, 2.45) is 11.5 Å². The zero-order valence-corrected chi connectivity index (χ0v) is 26.6. The summed E-state index contributed by atoms with van der Waals surface area (Å²) in [5.74, 6) is -0.681. The van der Waals surface area contributed by atoms with Gasteiger partial charge in [-0.1, -0.05) is 13.8 Å². The van der Waals surface area contributed by atoms with Crippen LogP contribution < -0.4 is 11.5 Å². The summed E-state index contributed by atoms with van der Waals surface area (Å²) in [5, 5.41) is 9.79. The maximum atomic E-state index is 14.5. The monoisotopic (exact) mass is 602 g/mol. The standard InChI is InChI=1S/C23H23FN2O4.C6H14N2OS.C2H6/c1-12(14(10-27)11-30-23(28)29)7-20-22-17(9-26(20)3)16-6-4-5-15-13(2)18(24)8-19(25-22)21(15)16;1-6(2,10-3)4(7)5(8)9;1-2/h7-8,10H,4-6,9,11H2,1-3H3,(H,28,29);4H,7H2,1-3H3,(H2,8,9);1-2H3/b14-12+,20-7-;;/t;4-;/m.1./s1. The van der Waals surface area contributed by atoms with Crippen molar-refractivity contribution >= 4 is 46.7 Å². The topological polar surface area (TPSA) is 149 Å². The van der Waals surface area contributed by atoms with Crippen LogP contribution in [0.5, 0.6) is 0 Å². The van der Waals surface area contributed by atoms with Gasteiger partial charge in [-0.15, -0.1) is 0 Å². The minimum atomic E-state index is -1.43. The van der Waals surface area contributed by atoms with Crippen LogP contribution in [0.3, 0.4) is 0 Å². The molecule has 0 saturated heterocycles. The van der Waals surface area contributed by atoms with E-state index in [0.29, 0.717) is 29.5 Å². The second-order valence-corrected chi connectivity index (χ2v) is 12.0. The number of pyridine rings is 1. The molecule has 0 bridgehead atoms. The number of fused-ring (bicyclic) bond motifs is 2. The van der Waals surface area contributed by atoms with Gasteiger partial charge in [0.2, 0.25) is 5.91 Å². The van der Waals surface area contributed by atoms with Crippen molar-refractivity contribution in [3.63, 3.8) is 0 Å². The van der Waals surface area contributed by atoms with E-state index in [2.05, 4.69) is 9.64 Å². The number of ether oxygens (including phenoxy) is 1. The number of primary amides is 1. The molecular formula is C31H43FN4O5S. The Morgan fingerprint density at radius 3 is 2.40 bits per heavy atom. The van der Waals surface area contributed by atoms with Crippen LogP contribution in [0.25, 0.3) is 16.6 Å². The minimum Gasteiger partial charge on any atom is -0.450 e. The third-order valence-electron chi connectivity index (χ3n) is 7.65. The van der Waals surface area contributed by atoms with Crippen molar-refractivity contribution in [1.29, 1.82) is 0 Å². The zero-order valence-electron chi connectivity index (χ0n) is 25.8. The summed E-state index contributed by atoms with van der Waals surface area (Å²) in [6, 6.07) is 0.946. The molecule has 4 rings (SSSR count). The lowest BCUT2D eigenvalue weighted by molar-refractivity contribution is -0.119. The van der Waals surface area contributed by atoms with Crippen molar-refractivity contribution in [2.45, 2.75) is 78.1 Å². The van der Waals surface area contributed by atoms with Gasteiger partial charge in [0, 0.05) is 40.9 Å². The molecule has 42 heavy (non-hydrogen) atoms.